The number of nitrogens with one attached hydrogen (secondary N) is 1. The number of carbonyl (C=O) groups is 2. The van der Waals surface area contributed by atoms with Gasteiger partial charge in [-0.25, -0.2) is 9.59 Å². The summed E-state index contributed by atoms with van der Waals surface area (Å²) in [5, 5.41) is 11.7. The van der Waals surface area contributed by atoms with Crippen molar-refractivity contribution in [2.45, 2.75) is 52.1 Å². The van der Waals surface area contributed by atoms with Crippen LogP contribution in [-0.2, 0) is 4.79 Å². The molecule has 2 N–H and O–H groups in total. The van der Waals surface area contributed by atoms with Gasteiger partial charge in [0.2, 0.25) is 0 Å². The fraction of sp³-hybridized carbons (Fsp3) is 0.833. The molecule has 1 rings (SSSR count). The molecule has 98 valence electrons. The van der Waals surface area contributed by atoms with Gasteiger partial charge in [0.15, 0.2) is 0 Å². The molecule has 0 spiro atoms. The number of nitrogens with zero attached hydrogens (tertiary/aromatic N) is 1. The Kier molecular flexibility index (Phi) is 4.01. The Labute approximate surface area is 102 Å². The lowest BCUT2D eigenvalue weighted by Crippen LogP contribution is -2.55. The lowest BCUT2D eigenvalue weighted by atomic mass is 9.87. The summed E-state index contributed by atoms with van der Waals surface area (Å²) in [6.45, 7) is 5.40. The minimum absolute atomic E-state index is 0.268. The Morgan fingerprint density at radius 2 is 1.88 bits per heavy atom. The van der Waals surface area contributed by atoms with Crippen LogP contribution in [0.4, 0.5) is 4.79 Å². The van der Waals surface area contributed by atoms with Crippen LogP contribution in [0.2, 0.25) is 0 Å². The fourth-order valence-electron chi connectivity index (χ4n) is 1.81. The number of hydrogen-bond acceptors (Lipinski definition) is 2. The highest BCUT2D eigenvalue weighted by Crippen LogP contribution is 2.24. The minimum Gasteiger partial charge on any atom is -0.480 e. The van der Waals surface area contributed by atoms with Crippen molar-refractivity contribution < 1.29 is 14.7 Å². The average molecular weight is 242 g/mol. The van der Waals surface area contributed by atoms with Crippen molar-refractivity contribution in [1.82, 2.24) is 10.2 Å². The van der Waals surface area contributed by atoms with Crippen LogP contribution in [0.15, 0.2) is 0 Å². The number of amides is 2. The number of urea groups is 1. The highest BCUT2D eigenvalue weighted by molar-refractivity contribution is 5.83. The first-order valence-corrected chi connectivity index (χ1v) is 5.99. The molecule has 1 aliphatic carbocycles. The monoisotopic (exact) mass is 242 g/mol. The molecule has 0 aromatic heterocycles. The molecule has 0 aliphatic heterocycles. The number of rotatable bonds is 3. The van der Waals surface area contributed by atoms with Gasteiger partial charge in [0.25, 0.3) is 0 Å². The van der Waals surface area contributed by atoms with Crippen molar-refractivity contribution in [2.24, 2.45) is 5.41 Å². The maximum absolute atomic E-state index is 11.9. The molecule has 1 atom stereocenters. The van der Waals surface area contributed by atoms with E-state index in [9.17, 15) is 9.59 Å². The Bertz CT molecular complexity index is 305. The van der Waals surface area contributed by atoms with E-state index in [0.29, 0.717) is 0 Å². The molecular weight excluding hydrogens is 220 g/mol. The highest BCUT2D eigenvalue weighted by atomic mass is 16.4. The van der Waals surface area contributed by atoms with E-state index < -0.39 is 17.4 Å². The molecule has 0 unspecified atom stereocenters. The van der Waals surface area contributed by atoms with Crippen molar-refractivity contribution in [3.05, 3.63) is 0 Å². The Morgan fingerprint density at radius 3 is 2.18 bits per heavy atom. The number of carboxylic acids is 1. The van der Waals surface area contributed by atoms with Crippen LogP contribution >= 0.6 is 0 Å². The predicted octanol–water partition coefficient (Wildman–Crippen LogP) is 1.68. The molecule has 0 saturated heterocycles. The van der Waals surface area contributed by atoms with E-state index >= 15 is 0 Å². The Morgan fingerprint density at radius 1 is 1.35 bits per heavy atom. The molecule has 0 heterocycles. The van der Waals surface area contributed by atoms with E-state index in [1.54, 1.807) is 32.7 Å². The second-order valence-corrected chi connectivity index (χ2v) is 5.78. The van der Waals surface area contributed by atoms with Gasteiger partial charge in [-0.3, -0.25) is 0 Å². The van der Waals surface area contributed by atoms with E-state index in [2.05, 4.69) is 5.32 Å². The van der Waals surface area contributed by atoms with Crippen molar-refractivity contribution >= 4 is 12.0 Å². The molecular formula is C12H22N2O3. The van der Waals surface area contributed by atoms with Gasteiger partial charge in [0.1, 0.15) is 6.04 Å². The van der Waals surface area contributed by atoms with Crippen LogP contribution in [0.3, 0.4) is 0 Å². The second-order valence-electron chi connectivity index (χ2n) is 5.78. The normalized spacial score (nSPS) is 18.1. The summed E-state index contributed by atoms with van der Waals surface area (Å²) in [4.78, 5) is 24.6. The van der Waals surface area contributed by atoms with Crippen LogP contribution in [0.1, 0.15) is 40.0 Å². The summed E-state index contributed by atoms with van der Waals surface area (Å²) >= 11 is 0. The summed E-state index contributed by atoms with van der Waals surface area (Å²) < 4.78 is 0. The third-order valence-electron chi connectivity index (χ3n) is 3.32. The van der Waals surface area contributed by atoms with Gasteiger partial charge in [-0.15, -0.1) is 0 Å². The molecule has 0 bridgehead atoms. The zero-order valence-electron chi connectivity index (χ0n) is 11.0. The number of carbonyl (C=O) groups excluding carboxylic acids is 1. The Balaban J connectivity index is 2.60. The third-order valence-corrected chi connectivity index (χ3v) is 3.32. The molecule has 1 fully saturated rings. The van der Waals surface area contributed by atoms with E-state index in [4.69, 9.17) is 5.11 Å². The van der Waals surface area contributed by atoms with Gasteiger partial charge in [-0.1, -0.05) is 20.8 Å². The van der Waals surface area contributed by atoms with E-state index in [1.165, 1.54) is 0 Å². The molecule has 1 saturated carbocycles. The zero-order valence-corrected chi connectivity index (χ0v) is 11.0. The molecule has 0 aromatic rings. The first-order chi connectivity index (χ1) is 7.73. The van der Waals surface area contributed by atoms with Gasteiger partial charge in [0, 0.05) is 13.1 Å². The smallest absolute Gasteiger partial charge is 0.326 e. The predicted molar refractivity (Wildman–Crippen MR) is 64.8 cm³/mol. The Hall–Kier alpha value is -1.26. The van der Waals surface area contributed by atoms with Crippen LogP contribution in [0.5, 0.6) is 0 Å². The summed E-state index contributed by atoms with van der Waals surface area (Å²) in [6, 6.07) is -0.890. The average Bonchev–Trinajstić information content (AvgIpc) is 2.08. The van der Waals surface area contributed by atoms with Gasteiger partial charge >= 0.3 is 12.0 Å². The molecule has 5 nitrogen and oxygen atoms in total. The minimum atomic E-state index is -0.993. The third kappa shape index (κ3) is 3.35. The topological polar surface area (TPSA) is 69.6 Å². The SMILES string of the molecule is CN(C(=O)N[C@@H](C(=O)O)C(C)(C)C)C1CCC1. The van der Waals surface area contributed by atoms with Crippen LogP contribution in [-0.4, -0.2) is 41.1 Å². The van der Waals surface area contributed by atoms with Crippen molar-refractivity contribution in [1.29, 1.82) is 0 Å². The zero-order chi connectivity index (χ0) is 13.2. The number of hydrogen-bond donors (Lipinski definition) is 2. The molecule has 5 heteroatoms. The summed E-state index contributed by atoms with van der Waals surface area (Å²) in [6.07, 6.45) is 3.16. The maximum Gasteiger partial charge on any atom is 0.326 e. The van der Waals surface area contributed by atoms with Gasteiger partial charge in [-0.2, -0.15) is 0 Å². The van der Waals surface area contributed by atoms with Gasteiger partial charge in [-0.05, 0) is 24.7 Å². The lowest BCUT2D eigenvalue weighted by molar-refractivity contribution is -0.142. The molecule has 1 aliphatic rings. The first kappa shape index (κ1) is 13.8. The van der Waals surface area contributed by atoms with Crippen LogP contribution < -0.4 is 5.32 Å². The molecule has 17 heavy (non-hydrogen) atoms. The van der Waals surface area contributed by atoms with Gasteiger partial charge < -0.3 is 15.3 Å². The molecule has 2 amide bonds. The van der Waals surface area contributed by atoms with E-state index in [0.717, 1.165) is 19.3 Å². The lowest BCUT2D eigenvalue weighted by Gasteiger charge is -2.36. The van der Waals surface area contributed by atoms with Gasteiger partial charge in [0.05, 0.1) is 0 Å². The van der Waals surface area contributed by atoms with Crippen LogP contribution in [0.25, 0.3) is 0 Å². The summed E-state index contributed by atoms with van der Waals surface area (Å²) in [5.41, 5.74) is -0.498. The standard InChI is InChI=1S/C12H22N2O3/c1-12(2,3)9(10(15)16)13-11(17)14(4)8-6-5-7-8/h8-9H,5-7H2,1-4H3,(H,13,17)(H,15,16)/t9-/m0/s1. The quantitative estimate of drug-likeness (QED) is 0.791. The number of carboxylic acid groups (broad SMARTS) is 1. The van der Waals surface area contributed by atoms with E-state index in [-0.39, 0.29) is 12.1 Å². The fourth-order valence-corrected chi connectivity index (χ4v) is 1.81. The van der Waals surface area contributed by atoms with Crippen molar-refractivity contribution in [2.75, 3.05) is 7.05 Å². The highest BCUT2D eigenvalue weighted by Gasteiger charge is 2.35. The van der Waals surface area contributed by atoms with E-state index in [1.807, 2.05) is 0 Å². The molecule has 0 aromatic carbocycles. The number of aliphatic carboxylic acids is 1. The first-order valence-electron chi connectivity index (χ1n) is 5.99. The summed E-state index contributed by atoms with van der Waals surface area (Å²) in [5.74, 6) is -0.993. The maximum atomic E-state index is 11.9. The van der Waals surface area contributed by atoms with Crippen molar-refractivity contribution in [3.63, 3.8) is 0 Å². The molecule has 0 radical (unpaired) electrons. The second kappa shape index (κ2) is 4.94. The van der Waals surface area contributed by atoms with Crippen LogP contribution in [0, 0.1) is 5.41 Å². The van der Waals surface area contributed by atoms with Crippen molar-refractivity contribution in [3.8, 4) is 0 Å². The largest absolute Gasteiger partial charge is 0.480 e. The summed E-state index contributed by atoms with van der Waals surface area (Å²) in [7, 11) is 1.72.